The van der Waals surface area contributed by atoms with Crippen molar-refractivity contribution < 1.29 is 29.6 Å². The van der Waals surface area contributed by atoms with Gasteiger partial charge >= 0.3 is 12.1 Å². The van der Waals surface area contributed by atoms with E-state index in [0.29, 0.717) is 11.4 Å². The van der Waals surface area contributed by atoms with Gasteiger partial charge in [0.2, 0.25) is 0 Å². The molecular weight excluding hydrogens is 506 g/mol. The van der Waals surface area contributed by atoms with Crippen molar-refractivity contribution in [2.75, 3.05) is 25.6 Å². The molecule has 0 saturated carbocycles. The molecule has 1 aliphatic rings. The van der Waals surface area contributed by atoms with Gasteiger partial charge in [-0.05, 0) is 24.3 Å². The first-order valence-electron chi connectivity index (χ1n) is 12.1. The first-order chi connectivity index (χ1) is 18.9. The van der Waals surface area contributed by atoms with Gasteiger partial charge in [-0.15, -0.1) is 0 Å². The van der Waals surface area contributed by atoms with E-state index in [9.17, 15) is 20.1 Å². The van der Waals surface area contributed by atoms with Gasteiger partial charge in [0.15, 0.2) is 23.2 Å². The van der Waals surface area contributed by atoms with E-state index in [4.69, 9.17) is 9.47 Å². The number of aromatic nitrogens is 4. The third-order valence-electron chi connectivity index (χ3n) is 5.97. The average Bonchev–Trinajstić information content (AvgIpc) is 3.48. The van der Waals surface area contributed by atoms with E-state index in [1.54, 1.807) is 67.5 Å². The molecule has 0 radical (unpaired) electrons. The van der Waals surface area contributed by atoms with Crippen molar-refractivity contribution >= 4 is 40.8 Å². The summed E-state index contributed by atoms with van der Waals surface area (Å²) in [6.45, 7) is -0.494. The molecule has 0 aliphatic carbocycles. The standard InChI is InChI=1S/C26H27N7O6/c1-31(2)14-28-22-19-23(32(15-27-19)24-21(36)20(35)18(13-34)38-24)30-25(29-22)39-26(37)33(16-9-5-3-6-10-16)17-11-7-4-8-12-17/h3-12,14-15,18,20-21,24,34-36H,13H2,1-2H3/b28-14+/t18-,20+,21?,24-/m1/s1. The molecule has 4 atom stereocenters. The minimum absolute atomic E-state index is 0.105. The Kier molecular flexibility index (Phi) is 7.47. The SMILES string of the molecule is CN(C)/C=N/c1nc(OC(=O)N(c2ccccc2)c2ccccc2)nc2c1ncn2[C@@H]1O[C@H](CO)[C@H](O)C1O. The van der Waals surface area contributed by atoms with Crippen LogP contribution in [0, 0.1) is 0 Å². The summed E-state index contributed by atoms with van der Waals surface area (Å²) in [7, 11) is 3.55. The van der Waals surface area contributed by atoms with Crippen molar-refractivity contribution in [3.05, 3.63) is 67.0 Å². The summed E-state index contributed by atoms with van der Waals surface area (Å²) in [5.41, 5.74) is 1.52. The predicted molar refractivity (Wildman–Crippen MR) is 141 cm³/mol. The third-order valence-corrected chi connectivity index (χ3v) is 5.97. The Morgan fingerprint density at radius 1 is 1.05 bits per heavy atom. The van der Waals surface area contributed by atoms with Gasteiger partial charge < -0.3 is 29.7 Å². The summed E-state index contributed by atoms with van der Waals surface area (Å²) >= 11 is 0. The number of aliphatic hydroxyl groups excluding tert-OH is 3. The smallest absolute Gasteiger partial charge is 0.394 e. The molecule has 1 aliphatic heterocycles. The first kappa shape index (κ1) is 26.2. The average molecular weight is 534 g/mol. The van der Waals surface area contributed by atoms with E-state index in [1.807, 2.05) is 12.1 Å². The Morgan fingerprint density at radius 3 is 2.26 bits per heavy atom. The maximum atomic E-state index is 13.5. The number of anilines is 2. The Morgan fingerprint density at radius 2 is 1.69 bits per heavy atom. The molecule has 4 aromatic rings. The zero-order valence-electron chi connectivity index (χ0n) is 21.1. The number of carbonyl (C=O) groups excluding carboxylic acids is 1. The number of hydrogen-bond donors (Lipinski definition) is 3. The molecule has 5 rings (SSSR count). The van der Waals surface area contributed by atoms with Crippen LogP contribution in [-0.4, -0.2) is 91.2 Å². The highest BCUT2D eigenvalue weighted by Crippen LogP contribution is 2.34. The van der Waals surface area contributed by atoms with Crippen LogP contribution in [0.25, 0.3) is 11.2 Å². The first-order valence-corrected chi connectivity index (χ1v) is 12.1. The van der Waals surface area contributed by atoms with Crippen molar-refractivity contribution in [2.45, 2.75) is 24.5 Å². The van der Waals surface area contributed by atoms with Crippen LogP contribution in [-0.2, 0) is 4.74 Å². The van der Waals surface area contributed by atoms with Crippen molar-refractivity contribution in [3.8, 4) is 6.01 Å². The lowest BCUT2D eigenvalue weighted by molar-refractivity contribution is -0.0511. The summed E-state index contributed by atoms with van der Waals surface area (Å²) in [4.78, 5) is 33.9. The molecule has 3 N–H and O–H groups in total. The summed E-state index contributed by atoms with van der Waals surface area (Å²) < 4.78 is 12.7. The second kappa shape index (κ2) is 11.1. The van der Waals surface area contributed by atoms with Crippen LogP contribution in [0.15, 0.2) is 72.0 Å². The van der Waals surface area contributed by atoms with E-state index >= 15 is 0 Å². The van der Waals surface area contributed by atoms with Crippen LogP contribution in [0.1, 0.15) is 6.23 Å². The molecule has 39 heavy (non-hydrogen) atoms. The number of benzene rings is 2. The fourth-order valence-electron chi connectivity index (χ4n) is 4.12. The van der Waals surface area contributed by atoms with E-state index in [2.05, 4.69) is 19.9 Å². The van der Waals surface area contributed by atoms with Gasteiger partial charge in [-0.3, -0.25) is 4.57 Å². The van der Waals surface area contributed by atoms with E-state index in [1.165, 1.54) is 22.1 Å². The largest absolute Gasteiger partial charge is 0.426 e. The van der Waals surface area contributed by atoms with Crippen LogP contribution in [0.2, 0.25) is 0 Å². The highest BCUT2D eigenvalue weighted by Gasteiger charge is 2.44. The van der Waals surface area contributed by atoms with Gasteiger partial charge in [-0.2, -0.15) is 9.97 Å². The minimum atomic E-state index is -1.37. The monoisotopic (exact) mass is 533 g/mol. The van der Waals surface area contributed by atoms with Crippen molar-refractivity contribution in [2.24, 2.45) is 4.99 Å². The number of amides is 1. The molecular formula is C26H27N7O6. The minimum Gasteiger partial charge on any atom is -0.394 e. The zero-order chi connectivity index (χ0) is 27.5. The molecule has 0 bridgehead atoms. The molecule has 13 heteroatoms. The maximum Gasteiger partial charge on any atom is 0.426 e. The lowest BCUT2D eigenvalue weighted by Gasteiger charge is -2.21. The Bertz CT molecular complexity index is 1420. The van der Waals surface area contributed by atoms with Gasteiger partial charge in [-0.25, -0.2) is 19.7 Å². The second-order valence-electron chi connectivity index (χ2n) is 8.97. The fraction of sp³-hybridized carbons (Fsp3) is 0.269. The summed E-state index contributed by atoms with van der Waals surface area (Å²) in [5, 5.41) is 30.3. The number of para-hydroxylation sites is 2. The predicted octanol–water partition coefficient (Wildman–Crippen LogP) is 2.00. The van der Waals surface area contributed by atoms with Crippen molar-refractivity contribution in [1.29, 1.82) is 0 Å². The van der Waals surface area contributed by atoms with Crippen LogP contribution >= 0.6 is 0 Å². The number of ether oxygens (including phenoxy) is 2. The number of hydrogen-bond acceptors (Lipinski definition) is 10. The normalized spacial score (nSPS) is 20.9. The Balaban J connectivity index is 1.56. The molecule has 0 spiro atoms. The number of fused-ring (bicyclic) bond motifs is 1. The van der Waals surface area contributed by atoms with Gasteiger partial charge in [0.05, 0.1) is 30.6 Å². The zero-order valence-corrected chi connectivity index (χ0v) is 21.1. The summed E-state index contributed by atoms with van der Waals surface area (Å²) in [6, 6.07) is 17.6. The number of aliphatic imine (C=N–C) groups is 1. The lowest BCUT2D eigenvalue weighted by atomic mass is 10.1. The molecule has 2 aromatic carbocycles. The third kappa shape index (κ3) is 5.28. The molecule has 1 amide bonds. The number of imidazole rings is 1. The topological polar surface area (TPSA) is 159 Å². The number of aliphatic hydroxyl groups is 3. The van der Waals surface area contributed by atoms with E-state index in [-0.39, 0.29) is 23.0 Å². The molecule has 2 aromatic heterocycles. The van der Waals surface area contributed by atoms with Crippen molar-refractivity contribution in [1.82, 2.24) is 24.4 Å². The van der Waals surface area contributed by atoms with Crippen molar-refractivity contribution in [3.63, 3.8) is 0 Å². The van der Waals surface area contributed by atoms with Gasteiger partial charge in [0.1, 0.15) is 18.3 Å². The number of rotatable bonds is 7. The molecule has 1 unspecified atom stereocenters. The summed E-state index contributed by atoms with van der Waals surface area (Å²) in [6.07, 6.45) is -2.74. The van der Waals surface area contributed by atoms with E-state index < -0.39 is 37.2 Å². The van der Waals surface area contributed by atoms with Crippen LogP contribution < -0.4 is 9.64 Å². The maximum absolute atomic E-state index is 13.5. The van der Waals surface area contributed by atoms with Gasteiger partial charge in [-0.1, -0.05) is 36.4 Å². The fourth-order valence-corrected chi connectivity index (χ4v) is 4.12. The molecule has 202 valence electrons. The van der Waals surface area contributed by atoms with Crippen LogP contribution in [0.4, 0.5) is 22.0 Å². The summed E-state index contributed by atoms with van der Waals surface area (Å²) in [5.74, 6) is 0.105. The van der Waals surface area contributed by atoms with Gasteiger partial charge in [0.25, 0.3) is 0 Å². The Hall–Kier alpha value is -4.43. The van der Waals surface area contributed by atoms with Crippen LogP contribution in [0.5, 0.6) is 6.01 Å². The molecule has 13 nitrogen and oxygen atoms in total. The lowest BCUT2D eigenvalue weighted by Crippen LogP contribution is -2.33. The van der Waals surface area contributed by atoms with E-state index in [0.717, 1.165) is 0 Å². The second-order valence-corrected chi connectivity index (χ2v) is 8.97. The Labute approximate surface area is 223 Å². The highest BCUT2D eigenvalue weighted by atomic mass is 16.6. The van der Waals surface area contributed by atoms with Gasteiger partial charge in [0, 0.05) is 14.1 Å². The number of carbonyl (C=O) groups is 1. The van der Waals surface area contributed by atoms with Crippen LogP contribution in [0.3, 0.4) is 0 Å². The molecule has 3 heterocycles. The number of nitrogens with zero attached hydrogens (tertiary/aromatic N) is 7. The molecule has 1 fully saturated rings. The molecule has 1 saturated heterocycles. The quantitative estimate of drug-likeness (QED) is 0.237. The highest BCUT2D eigenvalue weighted by molar-refractivity contribution is 5.97.